The van der Waals surface area contributed by atoms with Gasteiger partial charge in [-0.1, -0.05) is 12.1 Å². The summed E-state index contributed by atoms with van der Waals surface area (Å²) >= 11 is 0. The summed E-state index contributed by atoms with van der Waals surface area (Å²) in [5.74, 6) is 0.477. The molecule has 0 atom stereocenters. The molecule has 100 valence electrons. The Bertz CT molecular complexity index is 402. The van der Waals surface area contributed by atoms with Gasteiger partial charge in [0.25, 0.3) is 0 Å². The SMILES string of the molecule is COc1c(C)cccc1NC(=O)CC(OC)OC. The Balaban J connectivity index is 2.73. The number of hydrogen-bond acceptors (Lipinski definition) is 4. The number of ether oxygens (including phenoxy) is 3. The summed E-state index contributed by atoms with van der Waals surface area (Å²) in [7, 11) is 4.56. The molecule has 1 aromatic carbocycles. The van der Waals surface area contributed by atoms with Crippen molar-refractivity contribution in [2.24, 2.45) is 0 Å². The van der Waals surface area contributed by atoms with E-state index in [9.17, 15) is 4.79 Å². The van der Waals surface area contributed by atoms with Crippen molar-refractivity contribution < 1.29 is 19.0 Å². The van der Waals surface area contributed by atoms with Crippen molar-refractivity contribution >= 4 is 11.6 Å². The maximum atomic E-state index is 11.8. The lowest BCUT2D eigenvalue weighted by molar-refractivity contribution is -0.134. The number of carbonyl (C=O) groups is 1. The largest absolute Gasteiger partial charge is 0.494 e. The van der Waals surface area contributed by atoms with Crippen LogP contribution in [0.25, 0.3) is 0 Å². The van der Waals surface area contributed by atoms with Crippen LogP contribution in [0.5, 0.6) is 5.75 Å². The summed E-state index contributed by atoms with van der Waals surface area (Å²) < 4.78 is 15.2. The van der Waals surface area contributed by atoms with E-state index < -0.39 is 6.29 Å². The maximum absolute atomic E-state index is 11.8. The van der Waals surface area contributed by atoms with Crippen molar-refractivity contribution in [1.82, 2.24) is 0 Å². The molecule has 1 aromatic rings. The zero-order chi connectivity index (χ0) is 13.5. The summed E-state index contributed by atoms with van der Waals surface area (Å²) in [6.45, 7) is 1.92. The number of carbonyl (C=O) groups excluding carboxylic acids is 1. The molecule has 1 N–H and O–H groups in total. The van der Waals surface area contributed by atoms with E-state index in [4.69, 9.17) is 14.2 Å². The van der Waals surface area contributed by atoms with Crippen molar-refractivity contribution in [2.75, 3.05) is 26.6 Å². The van der Waals surface area contributed by atoms with E-state index in [-0.39, 0.29) is 12.3 Å². The molecule has 0 aromatic heterocycles. The Morgan fingerprint density at radius 3 is 2.50 bits per heavy atom. The van der Waals surface area contributed by atoms with Gasteiger partial charge < -0.3 is 19.5 Å². The predicted octanol–water partition coefficient (Wildman–Crippen LogP) is 1.95. The molecule has 0 unspecified atom stereocenters. The Morgan fingerprint density at radius 1 is 1.28 bits per heavy atom. The van der Waals surface area contributed by atoms with Crippen LogP contribution >= 0.6 is 0 Å². The number of anilines is 1. The van der Waals surface area contributed by atoms with Gasteiger partial charge in [-0.2, -0.15) is 0 Å². The third-order valence-electron chi connectivity index (χ3n) is 2.57. The standard InChI is InChI=1S/C13H19NO4/c1-9-6-5-7-10(13(9)18-4)14-11(15)8-12(16-2)17-3/h5-7,12H,8H2,1-4H3,(H,14,15). The minimum Gasteiger partial charge on any atom is -0.494 e. The molecular formula is C13H19NO4. The second-order valence-electron chi connectivity index (χ2n) is 3.81. The molecule has 5 nitrogen and oxygen atoms in total. The number of nitrogens with one attached hydrogen (secondary N) is 1. The van der Waals surface area contributed by atoms with Crippen molar-refractivity contribution in [1.29, 1.82) is 0 Å². The van der Waals surface area contributed by atoms with E-state index >= 15 is 0 Å². The Kier molecular flexibility index (Phi) is 5.61. The number of methoxy groups -OCH3 is 3. The molecule has 0 fully saturated rings. The fraction of sp³-hybridized carbons (Fsp3) is 0.462. The molecular weight excluding hydrogens is 234 g/mol. The van der Waals surface area contributed by atoms with Crippen molar-refractivity contribution in [3.05, 3.63) is 23.8 Å². The van der Waals surface area contributed by atoms with Crippen LogP contribution in [0.3, 0.4) is 0 Å². The van der Waals surface area contributed by atoms with Gasteiger partial charge >= 0.3 is 0 Å². The van der Waals surface area contributed by atoms with Crippen LogP contribution < -0.4 is 10.1 Å². The third kappa shape index (κ3) is 3.72. The Labute approximate surface area is 107 Å². The number of para-hydroxylation sites is 1. The van der Waals surface area contributed by atoms with E-state index in [1.165, 1.54) is 14.2 Å². The molecule has 0 aliphatic carbocycles. The van der Waals surface area contributed by atoms with Gasteiger partial charge in [0.2, 0.25) is 5.91 Å². The topological polar surface area (TPSA) is 56.8 Å². The predicted molar refractivity (Wildman–Crippen MR) is 68.8 cm³/mol. The smallest absolute Gasteiger partial charge is 0.229 e. The third-order valence-corrected chi connectivity index (χ3v) is 2.57. The number of benzene rings is 1. The van der Waals surface area contributed by atoms with Crippen molar-refractivity contribution in [3.8, 4) is 5.75 Å². The summed E-state index contributed by atoms with van der Waals surface area (Å²) in [4.78, 5) is 11.8. The second kappa shape index (κ2) is 6.98. The Hall–Kier alpha value is -1.59. The lowest BCUT2D eigenvalue weighted by atomic mass is 10.2. The van der Waals surface area contributed by atoms with Crippen molar-refractivity contribution in [2.45, 2.75) is 19.6 Å². The average molecular weight is 253 g/mol. The van der Waals surface area contributed by atoms with Crippen LogP contribution in [0, 0.1) is 6.92 Å². The summed E-state index contributed by atoms with van der Waals surface area (Å²) in [6, 6.07) is 5.57. The second-order valence-corrected chi connectivity index (χ2v) is 3.81. The maximum Gasteiger partial charge on any atom is 0.229 e. The van der Waals surface area contributed by atoms with Gasteiger partial charge in [-0.25, -0.2) is 0 Å². The summed E-state index contributed by atoms with van der Waals surface area (Å²) in [6.07, 6.45) is -0.412. The van der Waals surface area contributed by atoms with Gasteiger partial charge in [-0.15, -0.1) is 0 Å². The lowest BCUT2D eigenvalue weighted by Gasteiger charge is -2.15. The van der Waals surface area contributed by atoms with Crippen molar-refractivity contribution in [3.63, 3.8) is 0 Å². The number of amides is 1. The monoisotopic (exact) mass is 253 g/mol. The van der Waals surface area contributed by atoms with E-state index in [2.05, 4.69) is 5.32 Å². The first-order valence-corrected chi connectivity index (χ1v) is 5.61. The average Bonchev–Trinajstić information content (AvgIpc) is 2.36. The number of rotatable bonds is 6. The van der Waals surface area contributed by atoms with Crippen LogP contribution in [0.2, 0.25) is 0 Å². The number of hydrogen-bond donors (Lipinski definition) is 1. The molecule has 0 spiro atoms. The molecule has 0 saturated carbocycles. The van der Waals surface area contributed by atoms with Gasteiger partial charge in [0.05, 0.1) is 19.2 Å². The first kappa shape index (κ1) is 14.5. The van der Waals surface area contributed by atoms with Gasteiger partial charge in [-0.3, -0.25) is 4.79 Å². The highest BCUT2D eigenvalue weighted by molar-refractivity contribution is 5.92. The molecule has 0 heterocycles. The van der Waals surface area contributed by atoms with E-state index in [1.54, 1.807) is 13.2 Å². The highest BCUT2D eigenvalue weighted by Crippen LogP contribution is 2.28. The van der Waals surface area contributed by atoms with E-state index in [0.717, 1.165) is 5.56 Å². The van der Waals surface area contributed by atoms with Gasteiger partial charge in [-0.05, 0) is 18.6 Å². The van der Waals surface area contributed by atoms with E-state index in [1.807, 2.05) is 19.1 Å². The normalized spacial score (nSPS) is 10.5. The zero-order valence-electron chi connectivity index (χ0n) is 11.1. The molecule has 18 heavy (non-hydrogen) atoms. The fourth-order valence-corrected chi connectivity index (χ4v) is 1.64. The van der Waals surface area contributed by atoms with Gasteiger partial charge in [0.1, 0.15) is 5.75 Å². The Morgan fingerprint density at radius 2 is 1.94 bits per heavy atom. The minimum absolute atomic E-state index is 0.129. The first-order chi connectivity index (χ1) is 8.62. The molecule has 1 rings (SSSR count). The first-order valence-electron chi connectivity index (χ1n) is 5.61. The number of aryl methyl sites for hydroxylation is 1. The molecule has 5 heteroatoms. The molecule has 0 aliphatic heterocycles. The highest BCUT2D eigenvalue weighted by atomic mass is 16.7. The molecule has 1 amide bonds. The van der Waals surface area contributed by atoms with Crippen LogP contribution in [-0.4, -0.2) is 33.5 Å². The van der Waals surface area contributed by atoms with E-state index in [0.29, 0.717) is 11.4 Å². The van der Waals surface area contributed by atoms with Crippen LogP contribution in [0.4, 0.5) is 5.69 Å². The molecule has 0 radical (unpaired) electrons. The lowest BCUT2D eigenvalue weighted by Crippen LogP contribution is -2.23. The zero-order valence-corrected chi connectivity index (χ0v) is 11.1. The quantitative estimate of drug-likeness (QED) is 0.787. The molecule has 0 saturated heterocycles. The van der Waals surface area contributed by atoms with Gasteiger partial charge in [0, 0.05) is 14.2 Å². The van der Waals surface area contributed by atoms with Crippen LogP contribution in [0.1, 0.15) is 12.0 Å². The summed E-state index contributed by atoms with van der Waals surface area (Å²) in [5, 5.41) is 2.78. The van der Waals surface area contributed by atoms with Crippen LogP contribution in [0.15, 0.2) is 18.2 Å². The fourth-order valence-electron chi connectivity index (χ4n) is 1.64. The highest BCUT2D eigenvalue weighted by Gasteiger charge is 2.14. The summed E-state index contributed by atoms with van der Waals surface area (Å²) in [5.41, 5.74) is 1.61. The minimum atomic E-state index is -0.541. The molecule has 0 bridgehead atoms. The molecule has 0 aliphatic rings. The van der Waals surface area contributed by atoms with Crippen LogP contribution in [-0.2, 0) is 14.3 Å². The van der Waals surface area contributed by atoms with Gasteiger partial charge in [0.15, 0.2) is 6.29 Å².